The zero-order valence-electron chi connectivity index (χ0n) is 17.6. The van der Waals surface area contributed by atoms with Gasteiger partial charge in [-0.1, -0.05) is 24.3 Å². The normalized spacial score (nSPS) is 19.1. The number of fused-ring (bicyclic) bond motifs is 1. The van der Waals surface area contributed by atoms with Crippen molar-refractivity contribution in [1.29, 1.82) is 0 Å². The third-order valence-electron chi connectivity index (χ3n) is 5.88. The fraction of sp³-hybridized carbons (Fsp3) is 0.391. The molecule has 1 fully saturated rings. The van der Waals surface area contributed by atoms with Crippen LogP contribution in [0.3, 0.4) is 0 Å². The number of nitrogens with one attached hydrogen (secondary N) is 1. The number of hydrogen-bond acceptors (Lipinski definition) is 4. The van der Waals surface area contributed by atoms with Gasteiger partial charge < -0.3 is 19.9 Å². The van der Waals surface area contributed by atoms with E-state index in [1.165, 1.54) is 6.07 Å². The number of amides is 2. The molecule has 170 valence electrons. The minimum Gasteiger partial charge on any atom is -0.450 e. The summed E-state index contributed by atoms with van der Waals surface area (Å²) in [6.45, 7) is 2.93. The number of piperidine rings is 1. The monoisotopic (exact) mass is 447 g/mol. The molecule has 1 saturated heterocycles. The lowest BCUT2D eigenvalue weighted by Crippen LogP contribution is -2.49. The minimum atomic E-state index is -4.46. The van der Waals surface area contributed by atoms with Crippen LogP contribution in [0.25, 0.3) is 0 Å². The molecule has 2 aromatic rings. The Balaban J connectivity index is 1.58. The summed E-state index contributed by atoms with van der Waals surface area (Å²) >= 11 is 0. The van der Waals surface area contributed by atoms with Gasteiger partial charge in [0.1, 0.15) is 6.17 Å². The predicted molar refractivity (Wildman–Crippen MR) is 112 cm³/mol. The number of likely N-dealkylation sites (tertiary alicyclic amines) is 1. The smallest absolute Gasteiger partial charge is 0.416 e. The van der Waals surface area contributed by atoms with Crippen molar-refractivity contribution in [2.75, 3.05) is 25.0 Å². The molecule has 0 aromatic heterocycles. The zero-order valence-corrected chi connectivity index (χ0v) is 17.6. The molecule has 2 heterocycles. The van der Waals surface area contributed by atoms with Crippen molar-refractivity contribution in [2.24, 2.45) is 0 Å². The van der Waals surface area contributed by atoms with Gasteiger partial charge in [-0.25, -0.2) is 4.79 Å². The van der Waals surface area contributed by atoms with E-state index in [4.69, 9.17) is 4.74 Å². The number of ether oxygens (including phenoxy) is 1. The maximum absolute atomic E-state index is 13.2. The van der Waals surface area contributed by atoms with Crippen LogP contribution in [-0.4, -0.2) is 47.5 Å². The van der Waals surface area contributed by atoms with Gasteiger partial charge in [0, 0.05) is 35.9 Å². The molecule has 2 aliphatic heterocycles. The van der Waals surface area contributed by atoms with E-state index in [9.17, 15) is 22.8 Å². The Morgan fingerprint density at radius 3 is 2.53 bits per heavy atom. The number of carbonyl (C=O) groups excluding carboxylic acids is 2. The molecular weight excluding hydrogens is 423 g/mol. The summed E-state index contributed by atoms with van der Waals surface area (Å²) in [5.41, 5.74) is 0.783. The summed E-state index contributed by atoms with van der Waals surface area (Å²) in [6, 6.07) is 11.9. The van der Waals surface area contributed by atoms with E-state index in [2.05, 4.69) is 5.32 Å². The van der Waals surface area contributed by atoms with Crippen LogP contribution in [-0.2, 0) is 10.9 Å². The molecule has 1 N–H and O–H groups in total. The number of anilines is 1. The second-order valence-electron chi connectivity index (χ2n) is 7.84. The zero-order chi connectivity index (χ0) is 22.9. The molecule has 1 atom stereocenters. The molecule has 2 amide bonds. The summed E-state index contributed by atoms with van der Waals surface area (Å²) in [4.78, 5) is 28.6. The highest BCUT2D eigenvalue weighted by atomic mass is 19.4. The highest BCUT2D eigenvalue weighted by Crippen LogP contribution is 2.39. The molecule has 0 unspecified atom stereocenters. The van der Waals surface area contributed by atoms with Crippen LogP contribution >= 0.6 is 0 Å². The number of nitrogens with zero attached hydrogens (tertiary/aromatic N) is 2. The SMILES string of the molecule is CCOC(=O)N1CCC(N2C(=O)c3ccccc3[C@@H]2Nc2cccc(C(F)(F)F)c2)CC1. The molecule has 0 spiro atoms. The molecule has 6 nitrogen and oxygen atoms in total. The molecular formula is C23H24F3N3O3. The molecule has 0 radical (unpaired) electrons. The molecule has 32 heavy (non-hydrogen) atoms. The fourth-order valence-corrected chi connectivity index (χ4v) is 4.34. The number of hydrogen-bond donors (Lipinski definition) is 1. The lowest BCUT2D eigenvalue weighted by atomic mass is 10.0. The van der Waals surface area contributed by atoms with Crippen molar-refractivity contribution < 1.29 is 27.5 Å². The van der Waals surface area contributed by atoms with Crippen molar-refractivity contribution in [2.45, 2.75) is 38.1 Å². The van der Waals surface area contributed by atoms with Crippen molar-refractivity contribution in [3.8, 4) is 0 Å². The second-order valence-corrected chi connectivity index (χ2v) is 7.84. The van der Waals surface area contributed by atoms with Crippen LogP contribution in [0.4, 0.5) is 23.7 Å². The van der Waals surface area contributed by atoms with E-state index >= 15 is 0 Å². The van der Waals surface area contributed by atoms with Gasteiger partial charge in [-0.05, 0) is 44.0 Å². The maximum Gasteiger partial charge on any atom is 0.416 e. The Labute approximate surface area is 183 Å². The van der Waals surface area contributed by atoms with Gasteiger partial charge in [0.15, 0.2) is 0 Å². The van der Waals surface area contributed by atoms with E-state index < -0.39 is 17.9 Å². The van der Waals surface area contributed by atoms with Crippen molar-refractivity contribution in [3.63, 3.8) is 0 Å². The Bertz CT molecular complexity index is 1000. The lowest BCUT2D eigenvalue weighted by molar-refractivity contribution is -0.137. The number of benzene rings is 2. The van der Waals surface area contributed by atoms with Gasteiger partial charge >= 0.3 is 12.3 Å². The number of carbonyl (C=O) groups is 2. The quantitative estimate of drug-likeness (QED) is 0.725. The van der Waals surface area contributed by atoms with Gasteiger partial charge in [0.2, 0.25) is 0 Å². The van der Waals surface area contributed by atoms with Crippen LogP contribution < -0.4 is 5.32 Å². The Morgan fingerprint density at radius 1 is 1.12 bits per heavy atom. The van der Waals surface area contributed by atoms with Gasteiger partial charge in [-0.2, -0.15) is 13.2 Å². The first kappa shape index (κ1) is 22.0. The van der Waals surface area contributed by atoms with Crippen molar-refractivity contribution >= 4 is 17.7 Å². The summed E-state index contributed by atoms with van der Waals surface area (Å²) in [6.07, 6.45) is -4.32. The first-order valence-electron chi connectivity index (χ1n) is 10.6. The summed E-state index contributed by atoms with van der Waals surface area (Å²) in [7, 11) is 0. The standard InChI is InChI=1S/C23H24F3N3O3/c1-2-32-22(31)28-12-10-17(11-13-28)29-20(18-8-3-4-9-19(18)21(29)30)27-16-7-5-6-15(14-16)23(24,25)26/h3-9,14,17,20,27H,2,10-13H2,1H3/t20-/m1/s1. The largest absolute Gasteiger partial charge is 0.450 e. The number of alkyl halides is 3. The molecule has 2 aromatic carbocycles. The van der Waals surface area contributed by atoms with Crippen LogP contribution in [0.1, 0.15) is 47.4 Å². The summed E-state index contributed by atoms with van der Waals surface area (Å²) in [5, 5.41) is 3.14. The molecule has 9 heteroatoms. The Morgan fingerprint density at radius 2 is 1.84 bits per heavy atom. The first-order chi connectivity index (χ1) is 15.3. The van der Waals surface area contributed by atoms with E-state index in [0.717, 1.165) is 17.7 Å². The molecule has 4 rings (SSSR count). The Kier molecular flexibility index (Phi) is 5.99. The van der Waals surface area contributed by atoms with Crippen molar-refractivity contribution in [1.82, 2.24) is 9.80 Å². The van der Waals surface area contributed by atoms with Crippen LogP contribution in [0.5, 0.6) is 0 Å². The van der Waals surface area contributed by atoms with E-state index in [0.29, 0.717) is 38.1 Å². The summed E-state index contributed by atoms with van der Waals surface area (Å²) < 4.78 is 44.6. The summed E-state index contributed by atoms with van der Waals surface area (Å²) in [5.74, 6) is -0.167. The van der Waals surface area contributed by atoms with Gasteiger partial charge in [0.25, 0.3) is 5.91 Å². The fourth-order valence-electron chi connectivity index (χ4n) is 4.34. The number of rotatable bonds is 4. The van der Waals surface area contributed by atoms with E-state index in [1.54, 1.807) is 41.0 Å². The maximum atomic E-state index is 13.2. The average Bonchev–Trinajstić information content (AvgIpc) is 3.05. The highest BCUT2D eigenvalue weighted by molar-refractivity contribution is 5.99. The number of halogens is 3. The van der Waals surface area contributed by atoms with Crippen LogP contribution in [0.2, 0.25) is 0 Å². The molecule has 0 saturated carbocycles. The minimum absolute atomic E-state index is 0.163. The molecule has 0 bridgehead atoms. The third-order valence-corrected chi connectivity index (χ3v) is 5.88. The first-order valence-corrected chi connectivity index (χ1v) is 10.6. The third kappa shape index (κ3) is 4.24. The van der Waals surface area contributed by atoms with Gasteiger partial charge in [-0.15, -0.1) is 0 Å². The lowest BCUT2D eigenvalue weighted by Gasteiger charge is -2.39. The predicted octanol–water partition coefficient (Wildman–Crippen LogP) is 4.89. The van der Waals surface area contributed by atoms with Crippen molar-refractivity contribution in [3.05, 3.63) is 65.2 Å². The van der Waals surface area contributed by atoms with Crippen LogP contribution in [0, 0.1) is 0 Å². The second kappa shape index (κ2) is 8.72. The van der Waals surface area contributed by atoms with Gasteiger partial charge in [-0.3, -0.25) is 4.79 Å². The van der Waals surface area contributed by atoms with E-state index in [-0.39, 0.29) is 23.7 Å². The molecule has 2 aliphatic rings. The van der Waals surface area contributed by atoms with E-state index in [1.807, 2.05) is 6.07 Å². The highest BCUT2D eigenvalue weighted by Gasteiger charge is 2.42. The van der Waals surface area contributed by atoms with Crippen LogP contribution in [0.15, 0.2) is 48.5 Å². The molecule has 0 aliphatic carbocycles. The topological polar surface area (TPSA) is 61.9 Å². The van der Waals surface area contributed by atoms with Gasteiger partial charge in [0.05, 0.1) is 12.2 Å². The Hall–Kier alpha value is -3.23. The average molecular weight is 447 g/mol.